The van der Waals surface area contributed by atoms with Gasteiger partial charge < -0.3 is 20.3 Å². The van der Waals surface area contributed by atoms with Crippen molar-refractivity contribution in [2.75, 3.05) is 14.2 Å². The minimum Gasteiger partial charge on any atom is -0.493 e. The van der Waals surface area contributed by atoms with Crippen molar-refractivity contribution in [3.63, 3.8) is 0 Å². The fourth-order valence-electron chi connectivity index (χ4n) is 2.79. The molecule has 1 aliphatic carbocycles. The first kappa shape index (κ1) is 14.2. The van der Waals surface area contributed by atoms with Crippen molar-refractivity contribution in [3.8, 4) is 11.5 Å². The third kappa shape index (κ3) is 3.19. The van der Waals surface area contributed by atoms with Gasteiger partial charge in [-0.1, -0.05) is 6.07 Å². The van der Waals surface area contributed by atoms with Gasteiger partial charge in [0.1, 0.15) is 0 Å². The Kier molecular flexibility index (Phi) is 4.66. The summed E-state index contributed by atoms with van der Waals surface area (Å²) in [6.45, 7) is 0. The van der Waals surface area contributed by atoms with Crippen LogP contribution in [0.3, 0.4) is 0 Å². The second-order valence-corrected chi connectivity index (χ2v) is 5.21. The Hall–Kier alpha value is -1.26. The normalized spacial score (nSPS) is 24.8. The number of aliphatic hydroxyl groups excluding tert-OH is 1. The van der Waals surface area contributed by atoms with Gasteiger partial charge in [0, 0.05) is 6.04 Å². The third-order valence-electron chi connectivity index (χ3n) is 4.04. The molecule has 1 aromatic rings. The Morgan fingerprint density at radius 3 is 2.32 bits per heavy atom. The van der Waals surface area contributed by atoms with Gasteiger partial charge in [-0.15, -0.1) is 0 Å². The van der Waals surface area contributed by atoms with Gasteiger partial charge in [0.2, 0.25) is 0 Å². The summed E-state index contributed by atoms with van der Waals surface area (Å²) < 4.78 is 10.5. The maximum absolute atomic E-state index is 9.55. The Morgan fingerprint density at radius 1 is 1.11 bits per heavy atom. The summed E-state index contributed by atoms with van der Waals surface area (Å²) in [5.41, 5.74) is 7.42. The molecule has 0 aromatic heterocycles. The number of nitrogens with two attached hydrogens (primary N) is 1. The van der Waals surface area contributed by atoms with Crippen LogP contribution in [0.2, 0.25) is 0 Å². The topological polar surface area (TPSA) is 64.7 Å². The monoisotopic (exact) mass is 265 g/mol. The molecule has 4 heteroatoms. The Balaban J connectivity index is 2.12. The van der Waals surface area contributed by atoms with E-state index >= 15 is 0 Å². The average Bonchev–Trinajstić information content (AvgIpc) is 2.46. The van der Waals surface area contributed by atoms with Crippen molar-refractivity contribution >= 4 is 0 Å². The van der Waals surface area contributed by atoms with Gasteiger partial charge in [-0.2, -0.15) is 0 Å². The molecular formula is C15H23NO3. The van der Waals surface area contributed by atoms with E-state index in [2.05, 4.69) is 0 Å². The van der Waals surface area contributed by atoms with Crippen molar-refractivity contribution in [1.29, 1.82) is 0 Å². The molecule has 1 atom stereocenters. The highest BCUT2D eigenvalue weighted by Crippen LogP contribution is 2.36. The smallest absolute Gasteiger partial charge is 0.161 e. The molecule has 1 unspecified atom stereocenters. The lowest BCUT2D eigenvalue weighted by Gasteiger charge is -2.30. The quantitative estimate of drug-likeness (QED) is 0.876. The predicted molar refractivity (Wildman–Crippen MR) is 74.4 cm³/mol. The summed E-state index contributed by atoms with van der Waals surface area (Å²) in [5.74, 6) is 1.87. The van der Waals surface area contributed by atoms with E-state index < -0.39 is 0 Å². The van der Waals surface area contributed by atoms with E-state index in [9.17, 15) is 5.11 Å². The molecule has 1 aromatic carbocycles. The molecule has 0 radical (unpaired) electrons. The van der Waals surface area contributed by atoms with E-state index in [0.29, 0.717) is 11.7 Å². The first-order valence-corrected chi connectivity index (χ1v) is 6.81. The highest BCUT2D eigenvalue weighted by molar-refractivity contribution is 5.43. The standard InChI is InChI=1S/C15H23NO3/c1-18-13-8-5-11(9-14(13)19-2)15(16)10-3-6-12(17)7-4-10/h5,8-10,12,15,17H,3-4,6-7,16H2,1-2H3. The van der Waals surface area contributed by atoms with Crippen LogP contribution in [0.5, 0.6) is 11.5 Å². The van der Waals surface area contributed by atoms with Crippen molar-refractivity contribution in [2.24, 2.45) is 11.7 Å². The summed E-state index contributed by atoms with van der Waals surface area (Å²) in [6, 6.07) is 5.84. The van der Waals surface area contributed by atoms with Gasteiger partial charge >= 0.3 is 0 Å². The van der Waals surface area contributed by atoms with Crippen LogP contribution in [0.1, 0.15) is 37.3 Å². The molecule has 3 N–H and O–H groups in total. The molecule has 0 saturated heterocycles. The molecule has 1 saturated carbocycles. The van der Waals surface area contributed by atoms with Gasteiger partial charge in [0.25, 0.3) is 0 Å². The highest BCUT2D eigenvalue weighted by atomic mass is 16.5. The third-order valence-corrected chi connectivity index (χ3v) is 4.04. The van der Waals surface area contributed by atoms with Crippen LogP contribution in [-0.4, -0.2) is 25.4 Å². The number of benzene rings is 1. The first-order valence-electron chi connectivity index (χ1n) is 6.81. The molecule has 0 spiro atoms. The molecule has 0 amide bonds. The van der Waals surface area contributed by atoms with E-state index in [4.69, 9.17) is 15.2 Å². The van der Waals surface area contributed by atoms with E-state index in [-0.39, 0.29) is 12.1 Å². The van der Waals surface area contributed by atoms with Gasteiger partial charge in [-0.05, 0) is 49.3 Å². The minimum atomic E-state index is -0.145. The van der Waals surface area contributed by atoms with Crippen molar-refractivity contribution < 1.29 is 14.6 Å². The van der Waals surface area contributed by atoms with Gasteiger partial charge in [0.05, 0.1) is 20.3 Å². The van der Waals surface area contributed by atoms with Crippen LogP contribution in [0.4, 0.5) is 0 Å². The zero-order valence-corrected chi connectivity index (χ0v) is 11.6. The number of hydrogen-bond acceptors (Lipinski definition) is 4. The molecule has 4 nitrogen and oxygen atoms in total. The molecule has 0 heterocycles. The Labute approximate surface area is 114 Å². The lowest BCUT2D eigenvalue weighted by atomic mass is 9.80. The van der Waals surface area contributed by atoms with Gasteiger partial charge in [-0.3, -0.25) is 0 Å². The van der Waals surface area contributed by atoms with Crippen LogP contribution >= 0.6 is 0 Å². The molecule has 0 bridgehead atoms. The number of aliphatic hydroxyl groups is 1. The number of ether oxygens (including phenoxy) is 2. The largest absolute Gasteiger partial charge is 0.493 e. The zero-order chi connectivity index (χ0) is 13.8. The fourth-order valence-corrected chi connectivity index (χ4v) is 2.79. The zero-order valence-electron chi connectivity index (χ0n) is 11.6. The van der Waals surface area contributed by atoms with Crippen molar-refractivity contribution in [1.82, 2.24) is 0 Å². The van der Waals surface area contributed by atoms with Crippen LogP contribution in [0.15, 0.2) is 18.2 Å². The van der Waals surface area contributed by atoms with Gasteiger partial charge in [-0.25, -0.2) is 0 Å². The van der Waals surface area contributed by atoms with Crippen molar-refractivity contribution in [2.45, 2.75) is 37.8 Å². The SMILES string of the molecule is COc1ccc(C(N)C2CCC(O)CC2)cc1OC. The Morgan fingerprint density at radius 2 is 1.74 bits per heavy atom. The van der Waals surface area contributed by atoms with Gasteiger partial charge in [0.15, 0.2) is 11.5 Å². The maximum atomic E-state index is 9.55. The van der Waals surface area contributed by atoms with Crippen molar-refractivity contribution in [3.05, 3.63) is 23.8 Å². The molecule has 19 heavy (non-hydrogen) atoms. The van der Waals surface area contributed by atoms with Crippen LogP contribution < -0.4 is 15.2 Å². The summed E-state index contributed by atoms with van der Waals surface area (Å²) in [7, 11) is 3.25. The first-order chi connectivity index (χ1) is 9.15. The average molecular weight is 265 g/mol. The predicted octanol–water partition coefficient (Wildman–Crippen LogP) is 2.25. The fraction of sp³-hybridized carbons (Fsp3) is 0.600. The summed E-state index contributed by atoms with van der Waals surface area (Å²) in [4.78, 5) is 0. The number of methoxy groups -OCH3 is 2. The van der Waals surface area contributed by atoms with E-state index in [1.165, 1.54) is 0 Å². The summed E-state index contributed by atoms with van der Waals surface area (Å²) >= 11 is 0. The van der Waals surface area contributed by atoms with Crippen LogP contribution in [0.25, 0.3) is 0 Å². The highest BCUT2D eigenvalue weighted by Gasteiger charge is 2.26. The Bertz CT molecular complexity index is 414. The summed E-state index contributed by atoms with van der Waals surface area (Å²) in [5, 5.41) is 9.55. The van der Waals surface area contributed by atoms with E-state index in [0.717, 1.165) is 37.0 Å². The lowest BCUT2D eigenvalue weighted by molar-refractivity contribution is 0.102. The molecule has 2 rings (SSSR count). The van der Waals surface area contributed by atoms with E-state index in [1.807, 2.05) is 18.2 Å². The number of rotatable bonds is 4. The molecule has 0 aliphatic heterocycles. The molecule has 1 aliphatic rings. The number of hydrogen-bond donors (Lipinski definition) is 2. The maximum Gasteiger partial charge on any atom is 0.161 e. The molecule has 106 valence electrons. The molecule has 1 fully saturated rings. The summed E-state index contributed by atoms with van der Waals surface area (Å²) in [6.07, 6.45) is 3.53. The second-order valence-electron chi connectivity index (χ2n) is 5.21. The lowest BCUT2D eigenvalue weighted by Crippen LogP contribution is -2.27. The second kappa shape index (κ2) is 6.26. The minimum absolute atomic E-state index is 0.00712. The van der Waals surface area contributed by atoms with E-state index in [1.54, 1.807) is 14.2 Å². The van der Waals surface area contributed by atoms with Crippen LogP contribution in [-0.2, 0) is 0 Å². The van der Waals surface area contributed by atoms with Crippen LogP contribution in [0, 0.1) is 5.92 Å². The molecular weight excluding hydrogens is 242 g/mol.